The summed E-state index contributed by atoms with van der Waals surface area (Å²) < 4.78 is 0. The summed E-state index contributed by atoms with van der Waals surface area (Å²) in [5, 5.41) is 8.43. The molecule has 0 heterocycles. The molecular formula is C10H16O2. The van der Waals surface area contributed by atoms with Crippen molar-refractivity contribution < 1.29 is 9.90 Å². The van der Waals surface area contributed by atoms with Crippen LogP contribution in [0.1, 0.15) is 27.7 Å². The molecule has 0 amide bonds. The van der Waals surface area contributed by atoms with Crippen molar-refractivity contribution in [2.75, 3.05) is 0 Å². The van der Waals surface area contributed by atoms with Gasteiger partial charge in [0.1, 0.15) is 0 Å². The number of carboxylic acids is 1. The molecule has 68 valence electrons. The van der Waals surface area contributed by atoms with Gasteiger partial charge in [-0.2, -0.15) is 0 Å². The van der Waals surface area contributed by atoms with Gasteiger partial charge in [0.15, 0.2) is 0 Å². The normalized spacial score (nSPS) is 13.8. The fourth-order valence-corrected chi connectivity index (χ4v) is 0.762. The summed E-state index contributed by atoms with van der Waals surface area (Å²) in [6.07, 6.45) is 3.12. The molecule has 0 bridgehead atoms. The molecule has 0 aliphatic rings. The summed E-state index contributed by atoms with van der Waals surface area (Å²) in [5.74, 6) is -0.414. The average molecular weight is 168 g/mol. The Kier molecular flexibility index (Phi) is 4.34. The summed E-state index contributed by atoms with van der Waals surface area (Å²) in [7, 11) is 0. The molecule has 2 heteroatoms. The lowest BCUT2D eigenvalue weighted by Crippen LogP contribution is -1.91. The second kappa shape index (κ2) is 4.75. The first-order valence-corrected chi connectivity index (χ1v) is 4.03. The topological polar surface area (TPSA) is 37.3 Å². The number of carboxylic acid groups (broad SMARTS) is 1. The number of aliphatic carboxylic acids is 1. The quantitative estimate of drug-likeness (QED) is 0.519. The van der Waals surface area contributed by atoms with Crippen molar-refractivity contribution in [1.29, 1.82) is 0 Å². The highest BCUT2D eigenvalue weighted by atomic mass is 16.4. The predicted octanol–water partition coefficient (Wildman–Crippen LogP) is 2.62. The SMILES string of the molecule is CC(=C\C(=O)O)/C=C(\C)C(C)C. The minimum absolute atomic E-state index is 0.474. The Morgan fingerprint density at radius 1 is 1.25 bits per heavy atom. The zero-order valence-electron chi connectivity index (χ0n) is 8.09. The van der Waals surface area contributed by atoms with E-state index in [1.807, 2.05) is 13.0 Å². The Morgan fingerprint density at radius 3 is 2.08 bits per heavy atom. The molecule has 0 rings (SSSR count). The van der Waals surface area contributed by atoms with E-state index in [9.17, 15) is 4.79 Å². The Labute approximate surface area is 73.6 Å². The van der Waals surface area contributed by atoms with Crippen molar-refractivity contribution in [3.8, 4) is 0 Å². The van der Waals surface area contributed by atoms with Crippen molar-refractivity contribution in [3.05, 3.63) is 23.3 Å². The lowest BCUT2D eigenvalue weighted by Gasteiger charge is -2.03. The Hall–Kier alpha value is -1.05. The van der Waals surface area contributed by atoms with Crippen molar-refractivity contribution in [2.45, 2.75) is 27.7 Å². The van der Waals surface area contributed by atoms with Crippen LogP contribution in [0.4, 0.5) is 0 Å². The molecule has 2 nitrogen and oxygen atoms in total. The van der Waals surface area contributed by atoms with Gasteiger partial charge in [-0.1, -0.05) is 25.5 Å². The predicted molar refractivity (Wildman–Crippen MR) is 50.0 cm³/mol. The van der Waals surface area contributed by atoms with Crippen LogP contribution in [0.25, 0.3) is 0 Å². The molecule has 0 saturated carbocycles. The van der Waals surface area contributed by atoms with Crippen LogP contribution in [-0.2, 0) is 4.79 Å². The third-order valence-corrected chi connectivity index (χ3v) is 1.72. The summed E-state index contributed by atoms with van der Waals surface area (Å²) in [6, 6.07) is 0. The van der Waals surface area contributed by atoms with E-state index in [1.54, 1.807) is 6.92 Å². The number of hydrogen-bond acceptors (Lipinski definition) is 1. The number of rotatable bonds is 3. The van der Waals surface area contributed by atoms with Crippen molar-refractivity contribution >= 4 is 5.97 Å². The van der Waals surface area contributed by atoms with Crippen LogP contribution in [-0.4, -0.2) is 11.1 Å². The first kappa shape index (κ1) is 11.0. The van der Waals surface area contributed by atoms with Crippen LogP contribution in [0.15, 0.2) is 23.3 Å². The molecule has 0 spiro atoms. The highest BCUT2D eigenvalue weighted by Gasteiger charge is 1.96. The third-order valence-electron chi connectivity index (χ3n) is 1.72. The maximum Gasteiger partial charge on any atom is 0.328 e. The first-order valence-electron chi connectivity index (χ1n) is 4.03. The van der Waals surface area contributed by atoms with E-state index in [0.717, 1.165) is 5.57 Å². The van der Waals surface area contributed by atoms with Gasteiger partial charge in [-0.25, -0.2) is 4.79 Å². The summed E-state index contributed by atoms with van der Waals surface area (Å²) in [6.45, 7) is 7.96. The van der Waals surface area contributed by atoms with Crippen LogP contribution in [0.5, 0.6) is 0 Å². The third kappa shape index (κ3) is 4.72. The number of allylic oxidation sites excluding steroid dienone is 3. The highest BCUT2D eigenvalue weighted by molar-refractivity contribution is 5.81. The van der Waals surface area contributed by atoms with Gasteiger partial charge in [0, 0.05) is 6.08 Å². The van der Waals surface area contributed by atoms with E-state index < -0.39 is 5.97 Å². The van der Waals surface area contributed by atoms with Gasteiger partial charge >= 0.3 is 5.97 Å². The van der Waals surface area contributed by atoms with Gasteiger partial charge in [0.25, 0.3) is 0 Å². The van der Waals surface area contributed by atoms with Crippen molar-refractivity contribution in [2.24, 2.45) is 5.92 Å². The van der Waals surface area contributed by atoms with E-state index in [2.05, 4.69) is 13.8 Å². The Bertz CT molecular complexity index is 222. The minimum Gasteiger partial charge on any atom is -0.478 e. The van der Waals surface area contributed by atoms with Gasteiger partial charge in [0.05, 0.1) is 0 Å². The maximum absolute atomic E-state index is 10.3. The molecule has 0 aromatic carbocycles. The van der Waals surface area contributed by atoms with Crippen LogP contribution < -0.4 is 0 Å². The Balaban J connectivity index is 4.43. The van der Waals surface area contributed by atoms with E-state index in [1.165, 1.54) is 11.6 Å². The van der Waals surface area contributed by atoms with Crippen LogP contribution in [0.2, 0.25) is 0 Å². The average Bonchev–Trinajstić information content (AvgIpc) is 1.84. The molecule has 0 saturated heterocycles. The molecule has 0 aromatic heterocycles. The second-order valence-corrected chi connectivity index (χ2v) is 3.27. The number of carbonyl (C=O) groups is 1. The largest absolute Gasteiger partial charge is 0.478 e. The van der Waals surface area contributed by atoms with Gasteiger partial charge in [0.2, 0.25) is 0 Å². The van der Waals surface area contributed by atoms with E-state index in [4.69, 9.17) is 5.11 Å². The molecule has 0 fully saturated rings. The lowest BCUT2D eigenvalue weighted by atomic mass is 10.0. The highest BCUT2D eigenvalue weighted by Crippen LogP contribution is 2.10. The first-order chi connectivity index (χ1) is 5.43. The lowest BCUT2D eigenvalue weighted by molar-refractivity contribution is -0.131. The van der Waals surface area contributed by atoms with E-state index >= 15 is 0 Å². The standard InChI is InChI=1S/C10H16O2/c1-7(2)9(4)5-8(3)6-10(11)12/h5-7H,1-4H3,(H,11,12)/b8-6+,9-5+. The smallest absolute Gasteiger partial charge is 0.328 e. The second-order valence-electron chi connectivity index (χ2n) is 3.27. The molecular weight excluding hydrogens is 152 g/mol. The number of hydrogen-bond donors (Lipinski definition) is 1. The zero-order chi connectivity index (χ0) is 9.72. The summed E-state index contributed by atoms with van der Waals surface area (Å²) in [4.78, 5) is 10.3. The summed E-state index contributed by atoms with van der Waals surface area (Å²) in [5.41, 5.74) is 1.98. The maximum atomic E-state index is 10.3. The minimum atomic E-state index is -0.889. The molecule has 0 aromatic rings. The van der Waals surface area contributed by atoms with E-state index in [0.29, 0.717) is 5.92 Å². The van der Waals surface area contributed by atoms with Gasteiger partial charge in [-0.15, -0.1) is 0 Å². The van der Waals surface area contributed by atoms with Crippen molar-refractivity contribution in [1.82, 2.24) is 0 Å². The van der Waals surface area contributed by atoms with Gasteiger partial charge in [-0.3, -0.25) is 0 Å². The molecule has 0 unspecified atom stereocenters. The van der Waals surface area contributed by atoms with E-state index in [-0.39, 0.29) is 0 Å². The van der Waals surface area contributed by atoms with Crippen LogP contribution in [0.3, 0.4) is 0 Å². The molecule has 0 aliphatic carbocycles. The van der Waals surface area contributed by atoms with Crippen LogP contribution in [0, 0.1) is 5.92 Å². The van der Waals surface area contributed by atoms with Crippen molar-refractivity contribution in [3.63, 3.8) is 0 Å². The van der Waals surface area contributed by atoms with Gasteiger partial charge in [-0.05, 0) is 25.3 Å². The summed E-state index contributed by atoms with van der Waals surface area (Å²) >= 11 is 0. The van der Waals surface area contributed by atoms with Crippen LogP contribution >= 0.6 is 0 Å². The molecule has 0 atom stereocenters. The fraction of sp³-hybridized carbons (Fsp3) is 0.500. The molecule has 0 radical (unpaired) electrons. The molecule has 12 heavy (non-hydrogen) atoms. The fourth-order valence-electron chi connectivity index (χ4n) is 0.762. The van der Waals surface area contributed by atoms with Gasteiger partial charge < -0.3 is 5.11 Å². The molecule has 0 aliphatic heterocycles. The monoisotopic (exact) mass is 168 g/mol. The zero-order valence-corrected chi connectivity index (χ0v) is 8.09. The Morgan fingerprint density at radius 2 is 1.75 bits per heavy atom. The molecule has 1 N–H and O–H groups in total.